The number of benzene rings is 1. The van der Waals surface area contributed by atoms with E-state index >= 15 is 0 Å². The topological polar surface area (TPSA) is 39.1 Å². The van der Waals surface area contributed by atoms with E-state index in [4.69, 9.17) is 4.74 Å². The van der Waals surface area contributed by atoms with Crippen LogP contribution in [-0.4, -0.2) is 22.7 Å². The van der Waals surface area contributed by atoms with Crippen molar-refractivity contribution in [2.45, 2.75) is 38.3 Å². The highest BCUT2D eigenvalue weighted by Gasteiger charge is 2.22. The molecule has 1 aromatic carbocycles. The molecule has 1 aliphatic rings. The largest absolute Gasteiger partial charge is 0.497 e. The molecule has 2 unspecified atom stereocenters. The number of aromatic nitrogens is 2. The van der Waals surface area contributed by atoms with Gasteiger partial charge in [0.2, 0.25) is 0 Å². The molecule has 4 nitrogen and oxygen atoms in total. The zero-order chi connectivity index (χ0) is 13.9. The van der Waals surface area contributed by atoms with Gasteiger partial charge < -0.3 is 14.6 Å². The van der Waals surface area contributed by atoms with E-state index in [-0.39, 0.29) is 0 Å². The molecule has 0 radical (unpaired) electrons. The summed E-state index contributed by atoms with van der Waals surface area (Å²) in [5.74, 6) is 0.868. The van der Waals surface area contributed by atoms with E-state index in [9.17, 15) is 0 Å². The highest BCUT2D eigenvalue weighted by Crippen LogP contribution is 2.27. The van der Waals surface area contributed by atoms with Crippen LogP contribution in [0.3, 0.4) is 0 Å². The Morgan fingerprint density at radius 1 is 1.35 bits per heavy atom. The molecule has 2 heterocycles. The maximum Gasteiger partial charge on any atom is 0.120 e. The van der Waals surface area contributed by atoms with Gasteiger partial charge in [-0.1, -0.05) is 6.07 Å². The zero-order valence-electron chi connectivity index (χ0n) is 12.0. The van der Waals surface area contributed by atoms with Crippen molar-refractivity contribution in [3.63, 3.8) is 0 Å². The summed E-state index contributed by atoms with van der Waals surface area (Å²) in [6.07, 6.45) is 7.53. The maximum atomic E-state index is 5.31. The number of nitrogens with one attached hydrogen (secondary N) is 1. The first kappa shape index (κ1) is 13.2. The number of hydrogen-bond donors (Lipinski definition) is 1. The van der Waals surface area contributed by atoms with Crippen LogP contribution in [0.25, 0.3) is 5.69 Å². The lowest BCUT2D eigenvalue weighted by molar-refractivity contribution is 0.334. The van der Waals surface area contributed by atoms with Gasteiger partial charge in [-0.05, 0) is 38.3 Å². The van der Waals surface area contributed by atoms with E-state index in [0.29, 0.717) is 12.1 Å². The molecule has 0 aliphatic carbocycles. The summed E-state index contributed by atoms with van der Waals surface area (Å²) in [5, 5.41) is 3.67. The van der Waals surface area contributed by atoms with Crippen molar-refractivity contribution in [3.8, 4) is 11.4 Å². The molecule has 1 aliphatic heterocycles. The Hall–Kier alpha value is -1.81. The molecule has 1 N–H and O–H groups in total. The molecule has 1 saturated heterocycles. The average Bonchev–Trinajstić information content (AvgIpc) is 2.97. The molecule has 0 saturated carbocycles. The van der Waals surface area contributed by atoms with Crippen molar-refractivity contribution < 1.29 is 4.74 Å². The van der Waals surface area contributed by atoms with Crippen LogP contribution in [0.4, 0.5) is 0 Å². The highest BCUT2D eigenvalue weighted by atomic mass is 16.5. The second kappa shape index (κ2) is 5.67. The summed E-state index contributed by atoms with van der Waals surface area (Å²) in [6, 6.07) is 9.04. The van der Waals surface area contributed by atoms with E-state index < -0.39 is 0 Å². The fourth-order valence-corrected chi connectivity index (χ4v) is 2.91. The molecular weight excluding hydrogens is 250 g/mol. The third-order valence-electron chi connectivity index (χ3n) is 3.97. The molecule has 0 bridgehead atoms. The molecular formula is C16H21N3O. The maximum absolute atomic E-state index is 5.31. The Kier molecular flexibility index (Phi) is 3.74. The van der Waals surface area contributed by atoms with E-state index in [2.05, 4.69) is 27.9 Å². The van der Waals surface area contributed by atoms with E-state index in [1.807, 2.05) is 30.7 Å². The summed E-state index contributed by atoms with van der Waals surface area (Å²) >= 11 is 0. The molecule has 1 aromatic heterocycles. The van der Waals surface area contributed by atoms with Crippen molar-refractivity contribution >= 4 is 0 Å². The van der Waals surface area contributed by atoms with Gasteiger partial charge in [0.25, 0.3) is 0 Å². The lowest BCUT2D eigenvalue weighted by Gasteiger charge is -2.29. The number of piperidine rings is 1. The number of ether oxygens (including phenoxy) is 1. The van der Waals surface area contributed by atoms with Crippen LogP contribution in [0.1, 0.15) is 37.9 Å². The third-order valence-corrected chi connectivity index (χ3v) is 3.97. The Labute approximate surface area is 119 Å². The van der Waals surface area contributed by atoms with Gasteiger partial charge in [0.1, 0.15) is 5.75 Å². The molecule has 4 heteroatoms. The summed E-state index contributed by atoms with van der Waals surface area (Å²) < 4.78 is 7.46. The van der Waals surface area contributed by atoms with Crippen LogP contribution < -0.4 is 10.1 Å². The van der Waals surface area contributed by atoms with Gasteiger partial charge in [-0.25, -0.2) is 4.98 Å². The van der Waals surface area contributed by atoms with E-state index in [1.165, 1.54) is 25.0 Å². The average molecular weight is 271 g/mol. The van der Waals surface area contributed by atoms with Gasteiger partial charge in [-0.3, -0.25) is 0 Å². The molecule has 2 atom stereocenters. The Morgan fingerprint density at radius 2 is 2.25 bits per heavy atom. The lowest BCUT2D eigenvalue weighted by Crippen LogP contribution is -2.35. The van der Waals surface area contributed by atoms with Gasteiger partial charge in [0, 0.05) is 18.2 Å². The quantitative estimate of drug-likeness (QED) is 0.932. The van der Waals surface area contributed by atoms with Crippen LogP contribution >= 0.6 is 0 Å². The smallest absolute Gasteiger partial charge is 0.120 e. The number of imidazole rings is 1. The van der Waals surface area contributed by atoms with Gasteiger partial charge in [0.15, 0.2) is 0 Å². The predicted octanol–water partition coefficient (Wildman–Crippen LogP) is 3.08. The summed E-state index contributed by atoms with van der Waals surface area (Å²) in [7, 11) is 1.69. The van der Waals surface area contributed by atoms with Gasteiger partial charge in [-0.2, -0.15) is 0 Å². The van der Waals surface area contributed by atoms with Crippen LogP contribution in [-0.2, 0) is 0 Å². The summed E-state index contributed by atoms with van der Waals surface area (Å²) in [5.41, 5.74) is 2.32. The normalized spacial score (nSPS) is 22.7. The van der Waals surface area contributed by atoms with Crippen molar-refractivity contribution in [2.75, 3.05) is 7.11 Å². The molecule has 0 spiro atoms. The molecule has 2 aromatic rings. The van der Waals surface area contributed by atoms with Gasteiger partial charge in [-0.15, -0.1) is 0 Å². The second-order valence-electron chi connectivity index (χ2n) is 5.44. The van der Waals surface area contributed by atoms with Crippen molar-refractivity contribution in [1.82, 2.24) is 14.9 Å². The fourth-order valence-electron chi connectivity index (χ4n) is 2.91. The van der Waals surface area contributed by atoms with Crippen LogP contribution in [0, 0.1) is 0 Å². The van der Waals surface area contributed by atoms with Gasteiger partial charge >= 0.3 is 0 Å². The van der Waals surface area contributed by atoms with Crippen LogP contribution in [0.15, 0.2) is 36.8 Å². The van der Waals surface area contributed by atoms with Crippen LogP contribution in [0.5, 0.6) is 5.75 Å². The summed E-state index contributed by atoms with van der Waals surface area (Å²) in [6.45, 7) is 2.25. The first-order chi connectivity index (χ1) is 9.78. The number of hydrogen-bond acceptors (Lipinski definition) is 3. The first-order valence-corrected chi connectivity index (χ1v) is 7.20. The minimum absolute atomic E-state index is 0.382. The molecule has 106 valence electrons. The third kappa shape index (κ3) is 2.56. The van der Waals surface area contributed by atoms with Crippen molar-refractivity contribution in [1.29, 1.82) is 0 Å². The predicted molar refractivity (Wildman–Crippen MR) is 79.3 cm³/mol. The van der Waals surface area contributed by atoms with E-state index in [0.717, 1.165) is 11.4 Å². The Morgan fingerprint density at radius 3 is 3.05 bits per heavy atom. The zero-order valence-corrected chi connectivity index (χ0v) is 12.0. The SMILES string of the molecule is COc1cccc(-n2cncc2C2CCCC(C)N2)c1. The van der Waals surface area contributed by atoms with Crippen molar-refractivity contribution in [2.24, 2.45) is 0 Å². The number of rotatable bonds is 3. The van der Waals surface area contributed by atoms with Crippen LogP contribution in [0.2, 0.25) is 0 Å². The second-order valence-corrected chi connectivity index (χ2v) is 5.44. The molecule has 3 rings (SSSR count). The molecule has 20 heavy (non-hydrogen) atoms. The lowest BCUT2D eigenvalue weighted by atomic mass is 9.97. The first-order valence-electron chi connectivity index (χ1n) is 7.20. The minimum Gasteiger partial charge on any atom is -0.497 e. The molecule has 1 fully saturated rings. The standard InChI is InChI=1S/C16H21N3O/c1-12-5-3-8-15(18-12)16-10-17-11-19(16)13-6-4-7-14(9-13)20-2/h4,6-7,9-12,15,18H,3,5,8H2,1-2H3. The fraction of sp³-hybridized carbons (Fsp3) is 0.438. The van der Waals surface area contributed by atoms with Crippen molar-refractivity contribution in [3.05, 3.63) is 42.5 Å². The Bertz CT molecular complexity index is 579. The van der Waals surface area contributed by atoms with Gasteiger partial charge in [0.05, 0.1) is 31.0 Å². The number of methoxy groups -OCH3 is 1. The highest BCUT2D eigenvalue weighted by molar-refractivity contribution is 5.40. The monoisotopic (exact) mass is 271 g/mol. The molecule has 0 amide bonds. The Balaban J connectivity index is 1.92. The minimum atomic E-state index is 0.382. The number of nitrogens with zero attached hydrogens (tertiary/aromatic N) is 2. The van der Waals surface area contributed by atoms with E-state index in [1.54, 1.807) is 7.11 Å². The summed E-state index contributed by atoms with van der Waals surface area (Å²) in [4.78, 5) is 4.34.